The summed E-state index contributed by atoms with van der Waals surface area (Å²) >= 11 is 0. The van der Waals surface area contributed by atoms with E-state index in [-0.39, 0.29) is 29.4 Å². The molecule has 220 valence electrons. The second kappa shape index (κ2) is 11.2. The van der Waals surface area contributed by atoms with E-state index in [2.05, 4.69) is 25.8 Å². The number of methoxy groups -OCH3 is 1. The van der Waals surface area contributed by atoms with Gasteiger partial charge in [-0.2, -0.15) is 0 Å². The summed E-state index contributed by atoms with van der Waals surface area (Å²) in [5.41, 5.74) is 3.42. The number of hydrogen-bond acceptors (Lipinski definition) is 7. The van der Waals surface area contributed by atoms with Crippen LogP contribution in [-0.4, -0.2) is 38.5 Å². The summed E-state index contributed by atoms with van der Waals surface area (Å²) in [6.45, 7) is 11.4. The van der Waals surface area contributed by atoms with Gasteiger partial charge in [0.25, 0.3) is 0 Å². The molecule has 0 fully saturated rings. The number of hydrogen-bond donors (Lipinski definition) is 2. The fourth-order valence-electron chi connectivity index (χ4n) is 5.12. The molecule has 3 aromatic heterocycles. The third-order valence-electron chi connectivity index (χ3n) is 7.66. The van der Waals surface area contributed by atoms with Crippen LogP contribution in [0.25, 0.3) is 5.65 Å². The molecule has 0 aliphatic heterocycles. The highest BCUT2D eigenvalue weighted by molar-refractivity contribution is 5.95. The Bertz CT molecular complexity index is 1640. The minimum Gasteiger partial charge on any atom is -0.484 e. The molecule has 5 rings (SSSR count). The van der Waals surface area contributed by atoms with Crippen LogP contribution in [0.15, 0.2) is 54.7 Å². The van der Waals surface area contributed by atoms with Crippen LogP contribution in [0.2, 0.25) is 0 Å². The maximum Gasteiger partial charge on any atom is 0.319 e. The topological polar surface area (TPSA) is 120 Å². The molecule has 0 saturated heterocycles. The Labute approximate surface area is 245 Å². The van der Waals surface area contributed by atoms with Crippen LogP contribution in [0.5, 0.6) is 5.75 Å². The number of nitrogens with zero attached hydrogens (tertiary/aromatic N) is 4. The molecule has 2 atom stereocenters. The lowest BCUT2D eigenvalue weighted by Gasteiger charge is -2.32. The molecule has 2 N–H and O–H groups in total. The monoisotopic (exact) mass is 570 g/mol. The van der Waals surface area contributed by atoms with E-state index in [1.165, 1.54) is 6.92 Å². The summed E-state index contributed by atoms with van der Waals surface area (Å²) in [4.78, 5) is 29.7. The molecule has 4 aromatic rings. The predicted molar refractivity (Wildman–Crippen MR) is 160 cm³/mol. The first kappa shape index (κ1) is 29.2. The maximum atomic E-state index is 13.2. The van der Waals surface area contributed by atoms with Crippen molar-refractivity contribution in [3.8, 4) is 5.75 Å². The highest BCUT2D eigenvalue weighted by atomic mass is 16.5. The summed E-state index contributed by atoms with van der Waals surface area (Å²) in [6.07, 6.45) is 3.09. The molecule has 42 heavy (non-hydrogen) atoms. The van der Waals surface area contributed by atoms with E-state index in [0.717, 1.165) is 16.8 Å². The third kappa shape index (κ3) is 5.99. The first-order chi connectivity index (χ1) is 19.9. The molecule has 10 nitrogen and oxygen atoms in total. The average molecular weight is 571 g/mol. The average Bonchev–Trinajstić information content (AvgIpc) is 3.38. The van der Waals surface area contributed by atoms with Crippen molar-refractivity contribution in [3.05, 3.63) is 83.1 Å². The molecule has 1 aliphatic rings. The molecule has 0 saturated carbocycles. The van der Waals surface area contributed by atoms with E-state index < -0.39 is 5.60 Å². The number of ether oxygens (including phenoxy) is 2. The van der Waals surface area contributed by atoms with Gasteiger partial charge in [-0.3, -0.25) is 9.20 Å². The first-order valence-electron chi connectivity index (χ1n) is 14.1. The number of rotatable bonds is 7. The van der Waals surface area contributed by atoms with E-state index in [0.29, 0.717) is 41.4 Å². The van der Waals surface area contributed by atoms with Gasteiger partial charge in [-0.1, -0.05) is 45.0 Å². The van der Waals surface area contributed by atoms with Crippen molar-refractivity contribution in [3.63, 3.8) is 0 Å². The van der Waals surface area contributed by atoms with Gasteiger partial charge in [0.15, 0.2) is 17.3 Å². The summed E-state index contributed by atoms with van der Waals surface area (Å²) in [7, 11) is 1.65. The first-order valence-corrected chi connectivity index (χ1v) is 14.1. The van der Waals surface area contributed by atoms with Gasteiger partial charge in [0.2, 0.25) is 0 Å². The molecule has 1 aromatic carbocycles. The van der Waals surface area contributed by atoms with Crippen LogP contribution in [0.1, 0.15) is 99.7 Å². The quantitative estimate of drug-likeness (QED) is 0.251. The van der Waals surface area contributed by atoms with Crippen LogP contribution < -0.4 is 15.4 Å². The molecule has 2 amide bonds. The van der Waals surface area contributed by atoms with Gasteiger partial charge in [-0.15, -0.1) is 10.2 Å². The lowest BCUT2D eigenvalue weighted by atomic mass is 9.85. The number of fused-ring (bicyclic) bond motifs is 2. The summed E-state index contributed by atoms with van der Waals surface area (Å²) in [6, 6.07) is 14.7. The zero-order valence-electron chi connectivity index (χ0n) is 25.2. The van der Waals surface area contributed by atoms with Crippen molar-refractivity contribution in [2.24, 2.45) is 0 Å². The molecule has 0 spiro atoms. The number of anilines is 1. The Morgan fingerprint density at radius 1 is 0.976 bits per heavy atom. The summed E-state index contributed by atoms with van der Waals surface area (Å²) < 4.78 is 14.0. The molecular weight excluding hydrogens is 532 g/mol. The van der Waals surface area contributed by atoms with Crippen molar-refractivity contribution in [2.45, 2.75) is 77.5 Å². The predicted octanol–water partition coefficient (Wildman–Crippen LogP) is 6.28. The number of amides is 2. The highest BCUT2D eigenvalue weighted by Gasteiger charge is 2.30. The van der Waals surface area contributed by atoms with E-state index in [9.17, 15) is 9.59 Å². The number of nitrogens with one attached hydrogen (secondary N) is 2. The van der Waals surface area contributed by atoms with E-state index in [1.807, 2.05) is 87.7 Å². The molecule has 0 radical (unpaired) electrons. The van der Waals surface area contributed by atoms with Crippen molar-refractivity contribution >= 4 is 23.1 Å². The van der Waals surface area contributed by atoms with Crippen molar-refractivity contribution < 1.29 is 19.1 Å². The lowest BCUT2D eigenvalue weighted by Crippen LogP contribution is -2.35. The molecule has 3 heterocycles. The number of pyridine rings is 2. The number of aromatic nitrogens is 4. The van der Waals surface area contributed by atoms with Crippen LogP contribution in [0.3, 0.4) is 0 Å². The maximum absolute atomic E-state index is 13.2. The number of carbonyl (C=O) groups is 2. The molecule has 0 unspecified atom stereocenters. The van der Waals surface area contributed by atoms with Crippen LogP contribution in [-0.2, 0) is 15.8 Å². The third-order valence-corrected chi connectivity index (χ3v) is 7.66. The second-order valence-electron chi connectivity index (χ2n) is 12.2. The number of carbonyl (C=O) groups excluding carboxylic acids is 2. The Morgan fingerprint density at radius 2 is 1.71 bits per heavy atom. The van der Waals surface area contributed by atoms with Crippen molar-refractivity contribution in [1.82, 2.24) is 24.9 Å². The fraction of sp³-hybridized carbons (Fsp3) is 0.406. The van der Waals surface area contributed by atoms with E-state index >= 15 is 0 Å². The van der Waals surface area contributed by atoms with E-state index in [4.69, 9.17) is 9.47 Å². The zero-order valence-corrected chi connectivity index (χ0v) is 25.2. The smallest absolute Gasteiger partial charge is 0.319 e. The van der Waals surface area contributed by atoms with Gasteiger partial charge < -0.3 is 20.1 Å². The standard InChI is InChI=1S/C32H38N6O4/c1-19(39)25-16-20(17-27(34-25)31(2,3)4)33-30(40)35-24-13-14-26(23-11-9-8-10-22(23)24)42-21-12-15-28-36-37-29(38(28)18-21)32(5,6)41-7/h8-12,15-18,24,26H,13-14H2,1-7H3,(H2,33,34,35,40)/t24-,26+/m0/s1. The Hall–Kier alpha value is -4.31. The normalized spacial score (nSPS) is 17.0. The largest absolute Gasteiger partial charge is 0.484 e. The fourth-order valence-corrected chi connectivity index (χ4v) is 5.12. The highest BCUT2D eigenvalue weighted by Crippen LogP contribution is 2.39. The Balaban J connectivity index is 1.34. The molecular formula is C32H38N6O4. The zero-order chi connectivity index (χ0) is 30.2. The number of ketones is 1. The van der Waals surface area contributed by atoms with Crippen LogP contribution >= 0.6 is 0 Å². The van der Waals surface area contributed by atoms with Crippen LogP contribution in [0.4, 0.5) is 10.5 Å². The second-order valence-corrected chi connectivity index (χ2v) is 12.2. The van der Waals surface area contributed by atoms with Crippen LogP contribution in [0, 0.1) is 0 Å². The molecule has 0 bridgehead atoms. The molecule has 10 heteroatoms. The van der Waals surface area contributed by atoms with Gasteiger partial charge in [-0.25, -0.2) is 9.78 Å². The Kier molecular flexibility index (Phi) is 7.76. The number of Topliss-reactive ketones (excluding diaryl/α,β-unsaturated/α-hetero) is 1. The van der Waals surface area contributed by atoms with Crippen molar-refractivity contribution in [2.75, 3.05) is 12.4 Å². The van der Waals surface area contributed by atoms with Gasteiger partial charge in [0, 0.05) is 30.8 Å². The minimum absolute atomic E-state index is 0.154. The van der Waals surface area contributed by atoms with Crippen molar-refractivity contribution in [1.29, 1.82) is 0 Å². The van der Waals surface area contributed by atoms with E-state index in [1.54, 1.807) is 13.2 Å². The van der Waals surface area contributed by atoms with Gasteiger partial charge >= 0.3 is 6.03 Å². The number of urea groups is 1. The van der Waals surface area contributed by atoms with Gasteiger partial charge in [0.05, 0.1) is 12.2 Å². The molecule has 1 aliphatic carbocycles. The van der Waals surface area contributed by atoms with Gasteiger partial charge in [-0.05, 0) is 62.1 Å². The summed E-state index contributed by atoms with van der Waals surface area (Å²) in [5.74, 6) is 1.22. The Morgan fingerprint density at radius 3 is 2.40 bits per heavy atom. The lowest BCUT2D eigenvalue weighted by molar-refractivity contribution is 0.0106. The summed E-state index contributed by atoms with van der Waals surface area (Å²) in [5, 5.41) is 14.6. The minimum atomic E-state index is -0.618. The van der Waals surface area contributed by atoms with Gasteiger partial charge in [0.1, 0.15) is 23.1 Å². The SMILES string of the molecule is COC(C)(C)c1nnc2ccc(O[C@@H]3CC[C@H](NC(=O)Nc4cc(C(C)=O)nc(C(C)(C)C)c4)c4ccccc43)cn12. The number of benzene rings is 1.